The number of aliphatic imine (C=N–C) groups is 1. The molecule has 0 N–H and O–H groups in total. The molecule has 14 heavy (non-hydrogen) atoms. The summed E-state index contributed by atoms with van der Waals surface area (Å²) in [4.78, 5) is 7.80. The van der Waals surface area contributed by atoms with Gasteiger partial charge in [0.2, 0.25) is 0 Å². The van der Waals surface area contributed by atoms with Crippen molar-refractivity contribution >= 4 is 17.8 Å². The quantitative estimate of drug-likeness (QED) is 0.699. The number of dihydropyridines is 1. The van der Waals surface area contributed by atoms with Crippen molar-refractivity contribution in [2.45, 2.75) is 5.67 Å². The number of halogens is 2. The summed E-state index contributed by atoms with van der Waals surface area (Å²) in [6.45, 7) is 0.0419. The highest BCUT2D eigenvalue weighted by molar-refractivity contribution is 6.31. The van der Waals surface area contributed by atoms with Gasteiger partial charge in [-0.2, -0.15) is 0 Å². The summed E-state index contributed by atoms with van der Waals surface area (Å²) < 4.78 is 14.2. The number of aromatic nitrogens is 1. The van der Waals surface area contributed by atoms with Crippen LogP contribution in [0.2, 0.25) is 5.02 Å². The molecule has 0 fully saturated rings. The molecule has 72 valence electrons. The Morgan fingerprint density at radius 1 is 1.50 bits per heavy atom. The van der Waals surface area contributed by atoms with Crippen molar-refractivity contribution in [2.24, 2.45) is 4.99 Å². The van der Waals surface area contributed by atoms with E-state index in [0.29, 0.717) is 5.02 Å². The lowest BCUT2D eigenvalue weighted by Gasteiger charge is -2.21. The van der Waals surface area contributed by atoms with Gasteiger partial charge in [0.1, 0.15) is 5.69 Å². The summed E-state index contributed by atoms with van der Waals surface area (Å²) in [5.74, 6) is 0. The van der Waals surface area contributed by atoms with E-state index in [9.17, 15) is 4.39 Å². The third kappa shape index (κ3) is 1.55. The summed E-state index contributed by atoms with van der Waals surface area (Å²) in [6, 6.07) is 3.29. The Balaban J connectivity index is 2.44. The van der Waals surface area contributed by atoms with Gasteiger partial charge in [0, 0.05) is 12.4 Å². The first-order valence-electron chi connectivity index (χ1n) is 4.20. The van der Waals surface area contributed by atoms with Gasteiger partial charge in [-0.05, 0) is 24.3 Å². The zero-order valence-electron chi connectivity index (χ0n) is 7.32. The average molecular weight is 211 g/mol. The lowest BCUT2D eigenvalue weighted by Crippen LogP contribution is -2.25. The molecule has 1 aromatic heterocycles. The molecule has 1 atom stereocenters. The van der Waals surface area contributed by atoms with Crippen LogP contribution < -0.4 is 0 Å². The summed E-state index contributed by atoms with van der Waals surface area (Å²) in [5, 5.41) is 0.330. The minimum atomic E-state index is -1.66. The van der Waals surface area contributed by atoms with Gasteiger partial charge in [0.05, 0.1) is 11.6 Å². The van der Waals surface area contributed by atoms with E-state index >= 15 is 0 Å². The lowest BCUT2D eigenvalue weighted by molar-refractivity contribution is 0.237. The Morgan fingerprint density at radius 3 is 3.00 bits per heavy atom. The van der Waals surface area contributed by atoms with E-state index in [-0.39, 0.29) is 12.2 Å². The Hall–Kier alpha value is -1.22. The van der Waals surface area contributed by atoms with Gasteiger partial charge in [0.15, 0.2) is 5.67 Å². The third-order valence-corrected chi connectivity index (χ3v) is 2.33. The second kappa shape index (κ2) is 3.50. The zero-order chi connectivity index (χ0) is 10.0. The number of hydrogen-bond donors (Lipinski definition) is 0. The van der Waals surface area contributed by atoms with Crippen LogP contribution in [0, 0.1) is 0 Å². The van der Waals surface area contributed by atoms with Crippen LogP contribution in [0.15, 0.2) is 35.5 Å². The zero-order valence-corrected chi connectivity index (χ0v) is 8.08. The van der Waals surface area contributed by atoms with Crippen molar-refractivity contribution in [3.63, 3.8) is 0 Å². The van der Waals surface area contributed by atoms with E-state index in [1.165, 1.54) is 12.3 Å². The number of hydrogen-bond acceptors (Lipinski definition) is 2. The Kier molecular flexibility index (Phi) is 2.33. The van der Waals surface area contributed by atoms with Crippen molar-refractivity contribution in [3.8, 4) is 0 Å². The molecule has 2 rings (SSSR count). The standard InChI is InChI=1S/C10H8ClFN2/c11-8-3-1-6-14-9(8)10(12)4-2-5-13-7-10/h1-6H,7H2. The summed E-state index contributed by atoms with van der Waals surface area (Å²) >= 11 is 5.86. The summed E-state index contributed by atoms with van der Waals surface area (Å²) in [7, 11) is 0. The monoisotopic (exact) mass is 210 g/mol. The number of rotatable bonds is 1. The van der Waals surface area contributed by atoms with Crippen molar-refractivity contribution in [1.29, 1.82) is 0 Å². The van der Waals surface area contributed by atoms with Gasteiger partial charge in [0.25, 0.3) is 0 Å². The smallest absolute Gasteiger partial charge is 0.192 e. The molecule has 1 aliphatic rings. The van der Waals surface area contributed by atoms with E-state index in [1.807, 2.05) is 0 Å². The fourth-order valence-electron chi connectivity index (χ4n) is 1.34. The highest BCUT2D eigenvalue weighted by Crippen LogP contribution is 2.32. The molecule has 0 saturated heterocycles. The molecule has 2 nitrogen and oxygen atoms in total. The van der Waals surface area contributed by atoms with Crippen LogP contribution in [0.25, 0.3) is 0 Å². The fourth-order valence-corrected chi connectivity index (χ4v) is 1.62. The van der Waals surface area contributed by atoms with Crippen LogP contribution in [0.3, 0.4) is 0 Å². The molecule has 2 heterocycles. The lowest BCUT2D eigenvalue weighted by atomic mass is 9.99. The van der Waals surface area contributed by atoms with Crippen molar-refractivity contribution < 1.29 is 4.39 Å². The van der Waals surface area contributed by atoms with Crippen LogP contribution in [0.1, 0.15) is 5.69 Å². The molecule has 0 aromatic carbocycles. The van der Waals surface area contributed by atoms with Crippen molar-refractivity contribution in [3.05, 3.63) is 41.2 Å². The molecule has 0 spiro atoms. The maximum atomic E-state index is 14.2. The topological polar surface area (TPSA) is 25.2 Å². The molecule has 0 radical (unpaired) electrons. The molecular formula is C10H8ClFN2. The molecule has 4 heteroatoms. The molecule has 0 saturated carbocycles. The first-order chi connectivity index (χ1) is 6.72. The largest absolute Gasteiger partial charge is 0.289 e. The number of alkyl halides is 1. The average Bonchev–Trinajstić information content (AvgIpc) is 2.19. The van der Waals surface area contributed by atoms with Gasteiger partial charge >= 0.3 is 0 Å². The second-order valence-electron chi connectivity index (χ2n) is 3.05. The number of pyridine rings is 1. The van der Waals surface area contributed by atoms with Crippen LogP contribution in [0.5, 0.6) is 0 Å². The van der Waals surface area contributed by atoms with Gasteiger partial charge in [-0.1, -0.05) is 11.6 Å². The Bertz CT molecular complexity index is 403. The molecule has 1 aliphatic heterocycles. The van der Waals surface area contributed by atoms with E-state index in [4.69, 9.17) is 11.6 Å². The van der Waals surface area contributed by atoms with Crippen LogP contribution in [-0.2, 0) is 5.67 Å². The normalized spacial score (nSPS) is 25.3. The predicted octanol–water partition coefficient (Wildman–Crippen LogP) is 2.54. The third-order valence-electron chi connectivity index (χ3n) is 2.03. The molecule has 0 aliphatic carbocycles. The predicted molar refractivity (Wildman–Crippen MR) is 54.5 cm³/mol. The Morgan fingerprint density at radius 2 is 2.36 bits per heavy atom. The van der Waals surface area contributed by atoms with Gasteiger partial charge in [-0.25, -0.2) is 4.39 Å². The van der Waals surface area contributed by atoms with E-state index < -0.39 is 5.67 Å². The van der Waals surface area contributed by atoms with E-state index in [1.54, 1.807) is 24.4 Å². The Labute approximate surface area is 86.1 Å². The summed E-state index contributed by atoms with van der Waals surface area (Å²) in [6.07, 6.45) is 6.08. The maximum Gasteiger partial charge on any atom is 0.192 e. The minimum absolute atomic E-state index is 0.0419. The molecule has 1 unspecified atom stereocenters. The number of allylic oxidation sites excluding steroid dienone is 1. The van der Waals surface area contributed by atoms with Crippen molar-refractivity contribution in [2.75, 3.05) is 6.54 Å². The van der Waals surface area contributed by atoms with Crippen molar-refractivity contribution in [1.82, 2.24) is 4.98 Å². The minimum Gasteiger partial charge on any atom is -0.289 e. The molecule has 1 aromatic rings. The van der Waals surface area contributed by atoms with Crippen LogP contribution >= 0.6 is 11.6 Å². The molecule has 0 amide bonds. The fraction of sp³-hybridized carbons (Fsp3) is 0.200. The first-order valence-corrected chi connectivity index (χ1v) is 4.58. The van der Waals surface area contributed by atoms with Gasteiger partial charge in [-0.3, -0.25) is 9.98 Å². The SMILES string of the molecule is FC1(c2ncccc2Cl)C=CC=NC1. The number of nitrogens with zero attached hydrogens (tertiary/aromatic N) is 2. The summed E-state index contributed by atoms with van der Waals surface area (Å²) in [5.41, 5.74) is -1.43. The van der Waals surface area contributed by atoms with Crippen LogP contribution in [-0.4, -0.2) is 17.7 Å². The highest BCUT2D eigenvalue weighted by Gasteiger charge is 2.33. The maximum absolute atomic E-state index is 14.2. The van der Waals surface area contributed by atoms with Gasteiger partial charge < -0.3 is 0 Å². The van der Waals surface area contributed by atoms with E-state index in [2.05, 4.69) is 9.98 Å². The first kappa shape index (κ1) is 9.34. The van der Waals surface area contributed by atoms with Gasteiger partial charge in [-0.15, -0.1) is 0 Å². The highest BCUT2D eigenvalue weighted by atomic mass is 35.5. The van der Waals surface area contributed by atoms with E-state index in [0.717, 1.165) is 0 Å². The second-order valence-corrected chi connectivity index (χ2v) is 3.45. The van der Waals surface area contributed by atoms with Crippen LogP contribution in [0.4, 0.5) is 4.39 Å². The molecule has 0 bridgehead atoms. The molecular weight excluding hydrogens is 203 g/mol.